The predicted molar refractivity (Wildman–Crippen MR) is 47.3 cm³/mol. The van der Waals surface area contributed by atoms with Gasteiger partial charge < -0.3 is 0 Å². The second kappa shape index (κ2) is 2.68. The molecule has 0 fully saturated rings. The Kier molecular flexibility index (Phi) is 1.68. The van der Waals surface area contributed by atoms with Crippen molar-refractivity contribution < 1.29 is 4.79 Å². The fourth-order valence-corrected chi connectivity index (χ4v) is 2.65. The van der Waals surface area contributed by atoms with Gasteiger partial charge in [-0.25, -0.2) is 0 Å². The summed E-state index contributed by atoms with van der Waals surface area (Å²) in [5.74, 6) is 0. The number of fused-ring (bicyclic) bond motifs is 1. The quantitative estimate of drug-likeness (QED) is 0.487. The number of carbonyl (C=O) groups excluding carboxylic acids is 1. The maximum absolute atomic E-state index is 10.5. The average Bonchev–Trinajstić information content (AvgIpc) is 2.47. The topological polar surface area (TPSA) is 29.1 Å². The summed E-state index contributed by atoms with van der Waals surface area (Å²) in [6, 6.07) is 8.07. The van der Waals surface area contributed by atoms with Gasteiger partial charge in [0.2, 0.25) is 0 Å². The summed E-state index contributed by atoms with van der Waals surface area (Å²) < 4.78 is 3.17. The fourth-order valence-electron chi connectivity index (χ4n) is 1.24. The lowest BCUT2D eigenvalue weighted by Gasteiger charge is -2.05. The van der Waals surface area contributed by atoms with Crippen LogP contribution in [0, 0.1) is 0 Å². The van der Waals surface area contributed by atoms with Gasteiger partial charge in [0, 0.05) is 11.4 Å². The standard InChI is InChI=1S/C8H9NOS/c10-6-11-8-4-2-1-3-7(8)5-9-11/h1-4,6,9,11H,5H2. The van der Waals surface area contributed by atoms with Crippen molar-refractivity contribution in [1.29, 1.82) is 0 Å². The van der Waals surface area contributed by atoms with E-state index in [2.05, 4.69) is 10.8 Å². The summed E-state index contributed by atoms with van der Waals surface area (Å²) in [4.78, 5) is 11.7. The molecule has 1 aliphatic heterocycles. The van der Waals surface area contributed by atoms with Crippen LogP contribution in [0.15, 0.2) is 29.2 Å². The Morgan fingerprint density at radius 3 is 3.09 bits per heavy atom. The van der Waals surface area contributed by atoms with Crippen molar-refractivity contribution in [1.82, 2.24) is 4.72 Å². The van der Waals surface area contributed by atoms with Crippen LogP contribution in [0.5, 0.6) is 0 Å². The van der Waals surface area contributed by atoms with Crippen LogP contribution < -0.4 is 4.72 Å². The van der Waals surface area contributed by atoms with Gasteiger partial charge in [-0.05, 0) is 11.6 Å². The normalized spacial score (nSPS) is 24.5. The summed E-state index contributed by atoms with van der Waals surface area (Å²) in [7, 11) is 0. The van der Waals surface area contributed by atoms with Crippen LogP contribution >= 0.6 is 11.1 Å². The monoisotopic (exact) mass is 167 g/mol. The SMILES string of the molecule is O=C[SH]1NCc2ccccc21. The van der Waals surface area contributed by atoms with E-state index in [1.807, 2.05) is 18.2 Å². The van der Waals surface area contributed by atoms with Crippen LogP contribution in [0.25, 0.3) is 0 Å². The molecule has 1 unspecified atom stereocenters. The lowest BCUT2D eigenvalue weighted by molar-refractivity contribution is 0.569. The molecule has 0 saturated heterocycles. The predicted octanol–water partition coefficient (Wildman–Crippen LogP) is 1.26. The van der Waals surface area contributed by atoms with Crippen molar-refractivity contribution in [3.05, 3.63) is 29.8 Å². The Morgan fingerprint density at radius 1 is 1.45 bits per heavy atom. The molecule has 1 aromatic carbocycles. The van der Waals surface area contributed by atoms with Gasteiger partial charge in [-0.1, -0.05) is 18.2 Å². The number of rotatable bonds is 1. The Hall–Kier alpha value is -0.800. The van der Waals surface area contributed by atoms with Crippen LogP contribution in [-0.2, 0) is 11.3 Å². The molecule has 1 N–H and O–H groups in total. The number of hydrogen-bond donors (Lipinski definition) is 2. The van der Waals surface area contributed by atoms with Gasteiger partial charge >= 0.3 is 0 Å². The summed E-state index contributed by atoms with van der Waals surface area (Å²) in [6.45, 7) is 0.848. The third-order valence-electron chi connectivity index (χ3n) is 1.80. The molecule has 0 aliphatic carbocycles. The smallest absolute Gasteiger partial charge is 0.172 e. The molecule has 1 aliphatic rings. The van der Waals surface area contributed by atoms with Crippen molar-refractivity contribution in [2.24, 2.45) is 0 Å². The second-order valence-corrected chi connectivity index (χ2v) is 4.19. The van der Waals surface area contributed by atoms with Crippen molar-refractivity contribution in [3.8, 4) is 0 Å². The first kappa shape index (κ1) is 6.88. The van der Waals surface area contributed by atoms with Gasteiger partial charge in [-0.3, -0.25) is 9.52 Å². The number of hydrogen-bond acceptors (Lipinski definition) is 2. The van der Waals surface area contributed by atoms with Gasteiger partial charge in [0.1, 0.15) is 0 Å². The van der Waals surface area contributed by atoms with Crippen LogP contribution in [0.2, 0.25) is 0 Å². The van der Waals surface area contributed by atoms with Gasteiger partial charge in [-0.15, -0.1) is 11.1 Å². The van der Waals surface area contributed by atoms with Crippen molar-refractivity contribution in [3.63, 3.8) is 0 Å². The van der Waals surface area contributed by atoms with E-state index in [4.69, 9.17) is 0 Å². The Labute approximate surface area is 68.1 Å². The number of nitrogens with one attached hydrogen (secondary N) is 1. The maximum Gasteiger partial charge on any atom is 0.172 e. The highest BCUT2D eigenvalue weighted by atomic mass is 32.2. The summed E-state index contributed by atoms with van der Waals surface area (Å²) in [6.07, 6.45) is 0. The van der Waals surface area contributed by atoms with E-state index < -0.39 is 11.1 Å². The van der Waals surface area contributed by atoms with E-state index in [0.29, 0.717) is 0 Å². The van der Waals surface area contributed by atoms with E-state index in [1.54, 1.807) is 0 Å². The van der Waals surface area contributed by atoms with E-state index in [1.165, 1.54) is 10.5 Å². The highest BCUT2D eigenvalue weighted by molar-refractivity contribution is 8.26. The highest BCUT2D eigenvalue weighted by Crippen LogP contribution is 2.37. The molecule has 1 atom stereocenters. The Morgan fingerprint density at radius 2 is 2.27 bits per heavy atom. The third-order valence-corrected chi connectivity index (χ3v) is 3.46. The van der Waals surface area contributed by atoms with E-state index in [-0.39, 0.29) is 0 Å². The molecular formula is C8H9NOS. The first-order chi connectivity index (χ1) is 5.42. The molecule has 11 heavy (non-hydrogen) atoms. The van der Waals surface area contributed by atoms with Crippen molar-refractivity contribution in [2.45, 2.75) is 11.4 Å². The Bertz CT molecular complexity index is 287. The lowest BCUT2D eigenvalue weighted by Crippen LogP contribution is -1.99. The lowest BCUT2D eigenvalue weighted by atomic mass is 10.2. The van der Waals surface area contributed by atoms with Crippen LogP contribution in [0.3, 0.4) is 0 Å². The molecule has 0 saturated carbocycles. The van der Waals surface area contributed by atoms with Gasteiger partial charge in [0.25, 0.3) is 0 Å². The number of thiol groups is 1. The first-order valence-electron chi connectivity index (χ1n) is 3.48. The van der Waals surface area contributed by atoms with Gasteiger partial charge in [-0.2, -0.15) is 0 Å². The van der Waals surface area contributed by atoms with Crippen LogP contribution in [-0.4, -0.2) is 5.62 Å². The van der Waals surface area contributed by atoms with E-state index in [0.717, 1.165) is 12.2 Å². The van der Waals surface area contributed by atoms with Crippen LogP contribution in [0.4, 0.5) is 0 Å². The van der Waals surface area contributed by atoms with Crippen molar-refractivity contribution in [2.75, 3.05) is 0 Å². The largest absolute Gasteiger partial charge is 0.291 e. The molecule has 1 aromatic rings. The number of benzene rings is 1. The number of carbonyl (C=O) groups is 1. The van der Waals surface area contributed by atoms with Gasteiger partial charge in [0.15, 0.2) is 5.62 Å². The fraction of sp³-hybridized carbons (Fsp3) is 0.125. The summed E-state index contributed by atoms with van der Waals surface area (Å²) in [5, 5.41) is 0. The summed E-state index contributed by atoms with van der Waals surface area (Å²) in [5.41, 5.74) is 2.28. The molecule has 0 bridgehead atoms. The minimum Gasteiger partial charge on any atom is -0.291 e. The molecular weight excluding hydrogens is 158 g/mol. The average molecular weight is 167 g/mol. The minimum absolute atomic E-state index is 0.689. The first-order valence-corrected chi connectivity index (χ1v) is 4.89. The third kappa shape index (κ3) is 1.06. The van der Waals surface area contributed by atoms with E-state index >= 15 is 0 Å². The molecule has 0 aromatic heterocycles. The molecule has 58 valence electrons. The molecule has 0 radical (unpaired) electrons. The van der Waals surface area contributed by atoms with E-state index in [9.17, 15) is 4.79 Å². The molecule has 2 rings (SSSR count). The molecule has 0 amide bonds. The zero-order chi connectivity index (χ0) is 7.68. The molecule has 3 heteroatoms. The molecule has 1 heterocycles. The van der Waals surface area contributed by atoms with Crippen molar-refractivity contribution >= 4 is 16.7 Å². The zero-order valence-corrected chi connectivity index (χ0v) is 6.84. The maximum atomic E-state index is 10.5. The highest BCUT2D eigenvalue weighted by Gasteiger charge is 2.15. The van der Waals surface area contributed by atoms with Crippen LogP contribution in [0.1, 0.15) is 5.56 Å². The van der Waals surface area contributed by atoms with Gasteiger partial charge in [0.05, 0.1) is 0 Å². The second-order valence-electron chi connectivity index (χ2n) is 2.44. The molecule has 2 nitrogen and oxygen atoms in total. The zero-order valence-electron chi connectivity index (χ0n) is 5.95. The minimum atomic E-state index is -0.689. The summed E-state index contributed by atoms with van der Waals surface area (Å²) >= 11 is -0.689. The Balaban J connectivity index is 2.46. The molecule has 0 spiro atoms.